The lowest BCUT2D eigenvalue weighted by Crippen LogP contribution is -2.01. The molecule has 2 aromatic heterocycles. The fourth-order valence-corrected chi connectivity index (χ4v) is 7.34. The van der Waals surface area contributed by atoms with E-state index in [0.717, 1.165) is 71.3 Å². The number of hydrogen-bond acceptors (Lipinski definition) is 4. The first-order chi connectivity index (χ1) is 25.3. The third-order valence-corrected chi connectivity index (χ3v) is 9.77. The van der Waals surface area contributed by atoms with Gasteiger partial charge in [-0.25, -0.2) is 15.0 Å². The van der Waals surface area contributed by atoms with Gasteiger partial charge in [0.1, 0.15) is 11.2 Å². The van der Waals surface area contributed by atoms with Gasteiger partial charge in [0, 0.05) is 27.5 Å². The van der Waals surface area contributed by atoms with Gasteiger partial charge in [0.05, 0.1) is 0 Å². The summed E-state index contributed by atoms with van der Waals surface area (Å²) in [5.41, 5.74) is 9.26. The Labute approximate surface area is 294 Å². The van der Waals surface area contributed by atoms with Crippen LogP contribution >= 0.6 is 0 Å². The van der Waals surface area contributed by atoms with E-state index >= 15 is 0 Å². The topological polar surface area (TPSA) is 51.8 Å². The Morgan fingerprint density at radius 1 is 0.275 bits per heavy atom. The summed E-state index contributed by atoms with van der Waals surface area (Å²) >= 11 is 0. The SMILES string of the molecule is c1ccc(-c2nc(-c3ccc(-c4ccccc4)c4ccccc34)nc(-c3ccc(-c4ccc5oc6ccccc6c5c4)c4ccccc34)n2)cc1. The van der Waals surface area contributed by atoms with E-state index in [9.17, 15) is 0 Å². The molecule has 0 amide bonds. The number of furan rings is 1. The first kappa shape index (κ1) is 29.0. The van der Waals surface area contributed by atoms with Gasteiger partial charge in [-0.15, -0.1) is 0 Å². The molecule has 0 radical (unpaired) electrons. The Morgan fingerprint density at radius 2 is 0.706 bits per heavy atom. The number of nitrogens with zero attached hydrogens (tertiary/aromatic N) is 3. The highest BCUT2D eigenvalue weighted by molar-refractivity contribution is 6.09. The van der Waals surface area contributed by atoms with Gasteiger partial charge in [0.15, 0.2) is 17.5 Å². The maximum absolute atomic E-state index is 6.14. The van der Waals surface area contributed by atoms with Gasteiger partial charge in [-0.2, -0.15) is 0 Å². The molecular weight excluding hydrogens is 623 g/mol. The number of hydrogen-bond donors (Lipinski definition) is 0. The summed E-state index contributed by atoms with van der Waals surface area (Å²) in [6.45, 7) is 0. The second kappa shape index (κ2) is 11.9. The Bertz CT molecular complexity index is 2910. The number of benzene rings is 8. The number of rotatable bonds is 5. The van der Waals surface area contributed by atoms with E-state index in [0.29, 0.717) is 17.5 Å². The van der Waals surface area contributed by atoms with Crippen LogP contribution in [0.4, 0.5) is 0 Å². The lowest BCUT2D eigenvalue weighted by molar-refractivity contribution is 0.669. The molecule has 0 saturated heterocycles. The van der Waals surface area contributed by atoms with E-state index < -0.39 is 0 Å². The van der Waals surface area contributed by atoms with Crippen molar-refractivity contribution in [3.05, 3.63) is 176 Å². The standard InChI is InChI=1S/C47H29N3O/c1-3-13-30(14-4-1)33-24-26-40(37-19-9-7-17-35(33)37)46-48-45(31-15-5-2-6-16-31)49-47(50-46)41-27-25-34(36-18-8-10-20-38(36)41)32-23-28-44-42(29-32)39-21-11-12-22-43(39)51-44/h1-29H. The average Bonchev–Trinajstić information content (AvgIpc) is 3.58. The van der Waals surface area contributed by atoms with Crippen molar-refractivity contribution >= 4 is 43.5 Å². The second-order valence-corrected chi connectivity index (χ2v) is 12.8. The van der Waals surface area contributed by atoms with E-state index in [1.54, 1.807) is 0 Å². The van der Waals surface area contributed by atoms with Crippen LogP contribution in [0.15, 0.2) is 180 Å². The van der Waals surface area contributed by atoms with Crippen LogP contribution in [0, 0.1) is 0 Å². The molecule has 0 N–H and O–H groups in total. The summed E-state index contributed by atoms with van der Waals surface area (Å²) in [5.74, 6) is 1.91. The molecule has 0 aliphatic heterocycles. The summed E-state index contributed by atoms with van der Waals surface area (Å²) in [4.78, 5) is 15.5. The molecule has 0 bridgehead atoms. The zero-order valence-corrected chi connectivity index (χ0v) is 27.5. The van der Waals surface area contributed by atoms with Crippen LogP contribution in [0.3, 0.4) is 0 Å². The second-order valence-electron chi connectivity index (χ2n) is 12.8. The summed E-state index contributed by atoms with van der Waals surface area (Å²) in [6.07, 6.45) is 0. The molecule has 2 heterocycles. The van der Waals surface area contributed by atoms with Crippen LogP contribution in [-0.4, -0.2) is 15.0 Å². The first-order valence-electron chi connectivity index (χ1n) is 17.1. The summed E-state index contributed by atoms with van der Waals surface area (Å²) < 4.78 is 6.14. The molecule has 4 nitrogen and oxygen atoms in total. The van der Waals surface area contributed by atoms with E-state index in [1.807, 2.05) is 36.4 Å². The summed E-state index contributed by atoms with van der Waals surface area (Å²) in [5, 5.41) is 6.68. The quantitative estimate of drug-likeness (QED) is 0.186. The van der Waals surface area contributed by atoms with Gasteiger partial charge in [0.2, 0.25) is 0 Å². The van der Waals surface area contributed by atoms with Crippen LogP contribution in [0.5, 0.6) is 0 Å². The van der Waals surface area contributed by atoms with Crippen LogP contribution in [-0.2, 0) is 0 Å². The molecule has 10 rings (SSSR count). The van der Waals surface area contributed by atoms with Gasteiger partial charge in [-0.3, -0.25) is 0 Å². The minimum Gasteiger partial charge on any atom is -0.456 e. The monoisotopic (exact) mass is 651 g/mol. The van der Waals surface area contributed by atoms with Crippen LogP contribution < -0.4 is 0 Å². The van der Waals surface area contributed by atoms with Crippen LogP contribution in [0.25, 0.3) is 99.9 Å². The van der Waals surface area contributed by atoms with Gasteiger partial charge in [0.25, 0.3) is 0 Å². The van der Waals surface area contributed by atoms with Crippen molar-refractivity contribution < 1.29 is 4.42 Å². The van der Waals surface area contributed by atoms with E-state index in [1.165, 1.54) is 11.1 Å². The van der Waals surface area contributed by atoms with Gasteiger partial charge in [-0.1, -0.05) is 146 Å². The molecule has 8 aromatic carbocycles. The van der Waals surface area contributed by atoms with Crippen molar-refractivity contribution in [2.24, 2.45) is 0 Å². The van der Waals surface area contributed by atoms with E-state index in [4.69, 9.17) is 19.4 Å². The van der Waals surface area contributed by atoms with Crippen molar-refractivity contribution in [3.63, 3.8) is 0 Å². The molecule has 0 spiro atoms. The minimum atomic E-state index is 0.633. The predicted octanol–water partition coefficient (Wildman–Crippen LogP) is 12.4. The van der Waals surface area contributed by atoms with E-state index in [2.05, 4.69) is 140 Å². The summed E-state index contributed by atoms with van der Waals surface area (Å²) in [6, 6.07) is 61.0. The van der Waals surface area contributed by atoms with Crippen molar-refractivity contribution in [1.29, 1.82) is 0 Å². The van der Waals surface area contributed by atoms with Crippen molar-refractivity contribution in [1.82, 2.24) is 15.0 Å². The lowest BCUT2D eigenvalue weighted by Gasteiger charge is -2.15. The zero-order valence-electron chi connectivity index (χ0n) is 27.5. The molecule has 51 heavy (non-hydrogen) atoms. The van der Waals surface area contributed by atoms with Crippen molar-refractivity contribution in [2.45, 2.75) is 0 Å². The highest BCUT2D eigenvalue weighted by Crippen LogP contribution is 2.40. The predicted molar refractivity (Wildman–Crippen MR) is 209 cm³/mol. The molecule has 0 fully saturated rings. The van der Waals surface area contributed by atoms with Crippen LogP contribution in [0.2, 0.25) is 0 Å². The fraction of sp³-hybridized carbons (Fsp3) is 0. The third kappa shape index (κ3) is 4.96. The first-order valence-corrected chi connectivity index (χ1v) is 17.1. The smallest absolute Gasteiger partial charge is 0.164 e. The number of aromatic nitrogens is 3. The van der Waals surface area contributed by atoms with Crippen molar-refractivity contribution in [2.75, 3.05) is 0 Å². The Morgan fingerprint density at radius 3 is 1.31 bits per heavy atom. The molecule has 238 valence electrons. The Hall–Kier alpha value is -6.91. The highest BCUT2D eigenvalue weighted by Gasteiger charge is 2.18. The Kier molecular flexibility index (Phi) is 6.78. The average molecular weight is 652 g/mol. The lowest BCUT2D eigenvalue weighted by atomic mass is 9.93. The molecule has 4 heteroatoms. The zero-order chi connectivity index (χ0) is 33.7. The number of fused-ring (bicyclic) bond motifs is 5. The normalized spacial score (nSPS) is 11.5. The van der Waals surface area contributed by atoms with Gasteiger partial charge < -0.3 is 4.42 Å². The van der Waals surface area contributed by atoms with Gasteiger partial charge >= 0.3 is 0 Å². The van der Waals surface area contributed by atoms with Crippen LogP contribution in [0.1, 0.15) is 0 Å². The molecule has 0 unspecified atom stereocenters. The maximum Gasteiger partial charge on any atom is 0.164 e. The molecule has 0 saturated carbocycles. The largest absolute Gasteiger partial charge is 0.456 e. The Balaban J connectivity index is 1.17. The molecular formula is C47H29N3O. The number of para-hydroxylation sites is 1. The molecule has 10 aromatic rings. The van der Waals surface area contributed by atoms with Crippen molar-refractivity contribution in [3.8, 4) is 56.4 Å². The maximum atomic E-state index is 6.14. The van der Waals surface area contributed by atoms with Gasteiger partial charge in [-0.05, 0) is 74.1 Å². The highest BCUT2D eigenvalue weighted by atomic mass is 16.3. The molecule has 0 atom stereocenters. The minimum absolute atomic E-state index is 0.633. The molecule has 0 aliphatic rings. The molecule has 0 aliphatic carbocycles. The fourth-order valence-electron chi connectivity index (χ4n) is 7.34. The van der Waals surface area contributed by atoms with E-state index in [-0.39, 0.29) is 0 Å². The third-order valence-electron chi connectivity index (χ3n) is 9.77. The summed E-state index contributed by atoms with van der Waals surface area (Å²) in [7, 11) is 0.